The molecular formula is C15H17NOS. The lowest BCUT2D eigenvalue weighted by atomic mass is 9.84. The highest BCUT2D eigenvalue weighted by molar-refractivity contribution is 7.12. The van der Waals surface area contributed by atoms with E-state index in [2.05, 4.69) is 13.8 Å². The summed E-state index contributed by atoms with van der Waals surface area (Å²) in [6.07, 6.45) is 0. The number of ketones is 1. The van der Waals surface area contributed by atoms with E-state index >= 15 is 0 Å². The molecule has 3 heteroatoms. The van der Waals surface area contributed by atoms with Crippen LogP contribution in [0.3, 0.4) is 0 Å². The first kappa shape index (κ1) is 13.0. The zero-order chi connectivity index (χ0) is 13.2. The SMILES string of the molecule is CC(C)(CN)c1ccc(C(=O)c2cccs2)cc1. The van der Waals surface area contributed by atoms with E-state index in [1.54, 1.807) is 0 Å². The number of carbonyl (C=O) groups is 1. The van der Waals surface area contributed by atoms with Crippen molar-refractivity contribution < 1.29 is 4.79 Å². The van der Waals surface area contributed by atoms with Crippen LogP contribution in [0.2, 0.25) is 0 Å². The van der Waals surface area contributed by atoms with Crippen LogP contribution in [0.15, 0.2) is 41.8 Å². The van der Waals surface area contributed by atoms with E-state index in [-0.39, 0.29) is 11.2 Å². The van der Waals surface area contributed by atoms with Gasteiger partial charge >= 0.3 is 0 Å². The van der Waals surface area contributed by atoms with Crippen LogP contribution in [-0.4, -0.2) is 12.3 Å². The smallest absolute Gasteiger partial charge is 0.202 e. The molecule has 18 heavy (non-hydrogen) atoms. The van der Waals surface area contributed by atoms with E-state index in [9.17, 15) is 4.79 Å². The lowest BCUT2D eigenvalue weighted by Gasteiger charge is -2.23. The largest absolute Gasteiger partial charge is 0.330 e. The van der Waals surface area contributed by atoms with Gasteiger partial charge in [-0.05, 0) is 17.0 Å². The highest BCUT2D eigenvalue weighted by Gasteiger charge is 2.19. The second kappa shape index (κ2) is 5.04. The zero-order valence-corrected chi connectivity index (χ0v) is 11.5. The lowest BCUT2D eigenvalue weighted by Crippen LogP contribution is -2.28. The van der Waals surface area contributed by atoms with Gasteiger partial charge < -0.3 is 5.73 Å². The predicted octanol–water partition coefficient (Wildman–Crippen LogP) is 3.22. The van der Waals surface area contributed by atoms with Crippen LogP contribution in [0.1, 0.15) is 34.6 Å². The van der Waals surface area contributed by atoms with Gasteiger partial charge in [-0.3, -0.25) is 4.79 Å². The molecule has 2 rings (SSSR count). The molecule has 0 atom stereocenters. The Morgan fingerprint density at radius 3 is 2.39 bits per heavy atom. The van der Waals surface area contributed by atoms with Crippen LogP contribution in [-0.2, 0) is 5.41 Å². The van der Waals surface area contributed by atoms with Crippen molar-refractivity contribution in [2.45, 2.75) is 19.3 Å². The van der Waals surface area contributed by atoms with E-state index in [1.807, 2.05) is 41.8 Å². The Kier molecular flexibility index (Phi) is 3.64. The summed E-state index contributed by atoms with van der Waals surface area (Å²) in [5, 5.41) is 1.92. The van der Waals surface area contributed by atoms with Crippen molar-refractivity contribution in [3.8, 4) is 0 Å². The summed E-state index contributed by atoms with van der Waals surface area (Å²) < 4.78 is 0. The van der Waals surface area contributed by atoms with Crippen molar-refractivity contribution in [2.75, 3.05) is 6.54 Å². The van der Waals surface area contributed by atoms with Crippen molar-refractivity contribution >= 4 is 17.1 Å². The number of hydrogen-bond donors (Lipinski definition) is 1. The fraction of sp³-hybridized carbons (Fsp3) is 0.267. The van der Waals surface area contributed by atoms with E-state index in [0.717, 1.165) is 16.0 Å². The maximum Gasteiger partial charge on any atom is 0.202 e. The minimum Gasteiger partial charge on any atom is -0.330 e. The highest BCUT2D eigenvalue weighted by atomic mass is 32.1. The van der Waals surface area contributed by atoms with Crippen LogP contribution in [0, 0.1) is 0 Å². The number of hydrogen-bond acceptors (Lipinski definition) is 3. The van der Waals surface area contributed by atoms with Gasteiger partial charge in [-0.2, -0.15) is 0 Å². The molecule has 0 amide bonds. The topological polar surface area (TPSA) is 43.1 Å². The fourth-order valence-electron chi connectivity index (χ4n) is 1.74. The van der Waals surface area contributed by atoms with Gasteiger partial charge in [-0.15, -0.1) is 11.3 Å². The number of thiophene rings is 1. The molecule has 0 aliphatic heterocycles. The van der Waals surface area contributed by atoms with Gasteiger partial charge in [0.05, 0.1) is 4.88 Å². The lowest BCUT2D eigenvalue weighted by molar-refractivity contribution is 0.104. The van der Waals surface area contributed by atoms with Gasteiger partial charge in [0.1, 0.15) is 0 Å². The third kappa shape index (κ3) is 2.52. The van der Waals surface area contributed by atoms with Gasteiger partial charge in [-0.1, -0.05) is 44.2 Å². The van der Waals surface area contributed by atoms with Crippen LogP contribution in [0.5, 0.6) is 0 Å². The summed E-state index contributed by atoms with van der Waals surface area (Å²) >= 11 is 1.47. The fourth-order valence-corrected chi connectivity index (χ4v) is 2.43. The molecule has 0 saturated heterocycles. The second-order valence-electron chi connectivity index (χ2n) is 4.97. The Balaban J connectivity index is 2.26. The maximum absolute atomic E-state index is 12.1. The molecule has 1 aromatic heterocycles. The minimum absolute atomic E-state index is 0.0511. The maximum atomic E-state index is 12.1. The molecule has 0 spiro atoms. The van der Waals surface area contributed by atoms with Crippen LogP contribution >= 0.6 is 11.3 Å². The van der Waals surface area contributed by atoms with Crippen molar-refractivity contribution in [3.05, 3.63) is 57.8 Å². The predicted molar refractivity (Wildman–Crippen MR) is 76.3 cm³/mol. The Morgan fingerprint density at radius 1 is 1.22 bits per heavy atom. The molecule has 94 valence electrons. The number of nitrogens with two attached hydrogens (primary N) is 1. The van der Waals surface area contributed by atoms with Crippen molar-refractivity contribution in [1.29, 1.82) is 0 Å². The third-order valence-corrected chi connectivity index (χ3v) is 4.05. The van der Waals surface area contributed by atoms with E-state index in [4.69, 9.17) is 5.73 Å². The molecule has 0 fully saturated rings. The first-order chi connectivity index (χ1) is 8.54. The second-order valence-corrected chi connectivity index (χ2v) is 5.92. The molecule has 0 aliphatic rings. The summed E-state index contributed by atoms with van der Waals surface area (Å²) in [6.45, 7) is 4.79. The van der Waals surface area contributed by atoms with Gasteiger partial charge in [0.25, 0.3) is 0 Å². The standard InChI is InChI=1S/C15H17NOS/c1-15(2,10-16)12-7-5-11(6-8-12)14(17)13-4-3-9-18-13/h3-9H,10,16H2,1-2H3. The van der Waals surface area contributed by atoms with Crippen molar-refractivity contribution in [2.24, 2.45) is 5.73 Å². The minimum atomic E-state index is -0.0511. The molecule has 0 unspecified atom stereocenters. The Bertz CT molecular complexity index is 526. The third-order valence-electron chi connectivity index (χ3n) is 3.18. The first-order valence-corrected chi connectivity index (χ1v) is 6.81. The van der Waals surface area contributed by atoms with E-state index in [1.165, 1.54) is 11.3 Å². The van der Waals surface area contributed by atoms with Crippen molar-refractivity contribution in [1.82, 2.24) is 0 Å². The number of rotatable bonds is 4. The molecule has 2 N–H and O–H groups in total. The summed E-state index contributed by atoms with van der Waals surface area (Å²) in [6, 6.07) is 11.5. The highest BCUT2D eigenvalue weighted by Crippen LogP contribution is 2.23. The van der Waals surface area contributed by atoms with E-state index in [0.29, 0.717) is 6.54 Å². The summed E-state index contributed by atoms with van der Waals surface area (Å²) in [5.41, 5.74) is 7.59. The molecule has 0 saturated carbocycles. The average molecular weight is 259 g/mol. The van der Waals surface area contributed by atoms with Gasteiger partial charge in [0.2, 0.25) is 5.78 Å². The van der Waals surface area contributed by atoms with Crippen molar-refractivity contribution in [3.63, 3.8) is 0 Å². The molecule has 0 radical (unpaired) electrons. The molecule has 2 aromatic rings. The van der Waals surface area contributed by atoms with E-state index < -0.39 is 0 Å². The molecule has 1 aromatic carbocycles. The molecule has 2 nitrogen and oxygen atoms in total. The quantitative estimate of drug-likeness (QED) is 0.857. The number of benzene rings is 1. The summed E-state index contributed by atoms with van der Waals surface area (Å²) in [5.74, 6) is 0.0853. The normalized spacial score (nSPS) is 11.5. The van der Waals surface area contributed by atoms with Crippen LogP contribution < -0.4 is 5.73 Å². The Hall–Kier alpha value is -1.45. The molecule has 0 aliphatic carbocycles. The summed E-state index contributed by atoms with van der Waals surface area (Å²) in [7, 11) is 0. The molecule has 0 bridgehead atoms. The summed E-state index contributed by atoms with van der Waals surface area (Å²) in [4.78, 5) is 12.9. The zero-order valence-electron chi connectivity index (χ0n) is 10.6. The van der Waals surface area contributed by atoms with Crippen LogP contribution in [0.4, 0.5) is 0 Å². The average Bonchev–Trinajstić information content (AvgIpc) is 2.92. The van der Waals surface area contributed by atoms with Gasteiger partial charge in [0, 0.05) is 17.5 Å². The number of carbonyl (C=O) groups excluding carboxylic acids is 1. The first-order valence-electron chi connectivity index (χ1n) is 5.93. The Morgan fingerprint density at radius 2 is 1.89 bits per heavy atom. The monoisotopic (exact) mass is 259 g/mol. The van der Waals surface area contributed by atoms with Gasteiger partial charge in [0.15, 0.2) is 0 Å². The van der Waals surface area contributed by atoms with Crippen LogP contribution in [0.25, 0.3) is 0 Å². The molecular weight excluding hydrogens is 242 g/mol. The molecule has 1 heterocycles. The Labute approximate surface area is 111 Å². The van der Waals surface area contributed by atoms with Gasteiger partial charge in [-0.25, -0.2) is 0 Å².